The first kappa shape index (κ1) is 11.0. The highest BCUT2D eigenvalue weighted by molar-refractivity contribution is 6.67. The van der Waals surface area contributed by atoms with Gasteiger partial charge in [-0.3, -0.25) is 0 Å². The molecule has 14 heavy (non-hydrogen) atoms. The van der Waals surface area contributed by atoms with E-state index < -0.39 is 0 Å². The molecule has 0 nitrogen and oxygen atoms in total. The van der Waals surface area contributed by atoms with Gasteiger partial charge < -0.3 is 0 Å². The van der Waals surface area contributed by atoms with E-state index >= 15 is 0 Å². The van der Waals surface area contributed by atoms with Gasteiger partial charge in [0.05, 0.1) is 9.52 Å². The van der Waals surface area contributed by atoms with E-state index in [1.165, 1.54) is 10.4 Å². The highest BCUT2D eigenvalue weighted by atomic mass is 28.2. The Labute approximate surface area is 91.8 Å². The molecule has 0 saturated carbocycles. The van der Waals surface area contributed by atoms with Gasteiger partial charge in [0, 0.05) is 0 Å². The summed E-state index contributed by atoms with van der Waals surface area (Å²) in [6.45, 7) is 0. The summed E-state index contributed by atoms with van der Waals surface area (Å²) in [7, 11) is -0.234. The van der Waals surface area contributed by atoms with E-state index in [2.05, 4.69) is 60.7 Å². The molecule has 2 aromatic rings. The molecule has 0 spiro atoms. The Morgan fingerprint density at radius 1 is 0.571 bits per heavy atom. The lowest BCUT2D eigenvalue weighted by Crippen LogP contribution is -2.26. The fraction of sp³-hybridized carbons (Fsp3) is 0. The van der Waals surface area contributed by atoms with E-state index in [-0.39, 0.29) is 20.5 Å². The summed E-state index contributed by atoms with van der Waals surface area (Å²) < 4.78 is 0. The summed E-state index contributed by atoms with van der Waals surface area (Å²) in [5.74, 6) is 0. The van der Waals surface area contributed by atoms with Crippen LogP contribution in [0, 0.1) is 0 Å². The molecular formula is C12H16Si2. The van der Waals surface area contributed by atoms with Crippen molar-refractivity contribution in [2.75, 3.05) is 0 Å². The predicted octanol–water partition coefficient (Wildman–Crippen LogP) is -0.645. The summed E-state index contributed by atoms with van der Waals surface area (Å²) in [6.07, 6.45) is 0. The van der Waals surface area contributed by atoms with Crippen LogP contribution < -0.4 is 10.4 Å². The number of hydrogen-bond acceptors (Lipinski definition) is 0. The van der Waals surface area contributed by atoms with Crippen LogP contribution in [0.5, 0.6) is 0 Å². The van der Waals surface area contributed by atoms with Crippen molar-refractivity contribution in [3.63, 3.8) is 0 Å². The largest absolute Gasteiger partial charge is 0.0875 e. The van der Waals surface area contributed by atoms with E-state index in [0.717, 1.165) is 0 Å². The normalized spacial score (nSPS) is 9.14. The molecule has 2 aromatic carbocycles. The van der Waals surface area contributed by atoms with Crippen LogP contribution in [0.15, 0.2) is 60.7 Å². The van der Waals surface area contributed by atoms with Crippen LogP contribution in [-0.2, 0) is 0 Å². The molecule has 0 unspecified atom stereocenters. The molecule has 0 aliphatic rings. The molecule has 0 aliphatic carbocycles. The summed E-state index contributed by atoms with van der Waals surface area (Å²) in [5.41, 5.74) is 0. The SMILES string of the molecule is [SiH4].c1ccc([SiH2]c2ccccc2)cc1. The lowest BCUT2D eigenvalue weighted by Gasteiger charge is -1.99. The van der Waals surface area contributed by atoms with Gasteiger partial charge in [0.2, 0.25) is 0 Å². The molecule has 0 saturated heterocycles. The first-order chi connectivity index (χ1) is 6.45. The monoisotopic (exact) mass is 216 g/mol. The maximum atomic E-state index is 2.22. The molecule has 72 valence electrons. The van der Waals surface area contributed by atoms with Gasteiger partial charge in [0.1, 0.15) is 0 Å². The van der Waals surface area contributed by atoms with E-state index in [0.29, 0.717) is 0 Å². The fourth-order valence-corrected chi connectivity index (χ4v) is 2.91. The van der Waals surface area contributed by atoms with Crippen molar-refractivity contribution < 1.29 is 0 Å². The molecule has 0 atom stereocenters. The van der Waals surface area contributed by atoms with Crippen molar-refractivity contribution in [1.29, 1.82) is 0 Å². The highest BCUT2D eigenvalue weighted by Crippen LogP contribution is 1.84. The Hall–Kier alpha value is -1.13. The van der Waals surface area contributed by atoms with Crippen molar-refractivity contribution in [2.45, 2.75) is 0 Å². The predicted molar refractivity (Wildman–Crippen MR) is 72.0 cm³/mol. The van der Waals surface area contributed by atoms with Crippen molar-refractivity contribution in [1.82, 2.24) is 0 Å². The van der Waals surface area contributed by atoms with E-state index in [1.54, 1.807) is 0 Å². The molecule has 0 aliphatic heterocycles. The third kappa shape index (κ3) is 2.98. The molecule has 2 heteroatoms. The van der Waals surface area contributed by atoms with Crippen LogP contribution in [0.25, 0.3) is 0 Å². The van der Waals surface area contributed by atoms with Gasteiger partial charge in [0.25, 0.3) is 0 Å². The van der Waals surface area contributed by atoms with Crippen molar-refractivity contribution in [2.24, 2.45) is 0 Å². The number of benzene rings is 2. The third-order valence-corrected chi connectivity index (χ3v) is 3.85. The molecule has 0 aromatic heterocycles. The minimum absolute atomic E-state index is 0. The maximum Gasteiger partial charge on any atom is 0.0875 e. The Morgan fingerprint density at radius 3 is 1.29 bits per heavy atom. The Morgan fingerprint density at radius 2 is 0.929 bits per heavy atom. The van der Waals surface area contributed by atoms with E-state index in [1.807, 2.05) is 0 Å². The van der Waals surface area contributed by atoms with Crippen LogP contribution in [0.4, 0.5) is 0 Å². The Balaban J connectivity index is 0.000000980. The number of rotatable bonds is 2. The van der Waals surface area contributed by atoms with Gasteiger partial charge >= 0.3 is 0 Å². The zero-order valence-corrected chi connectivity index (χ0v) is 8.89. The number of hydrogen-bond donors (Lipinski definition) is 0. The van der Waals surface area contributed by atoms with Gasteiger partial charge in [-0.25, -0.2) is 0 Å². The van der Waals surface area contributed by atoms with Crippen LogP contribution in [0.2, 0.25) is 0 Å². The summed E-state index contributed by atoms with van der Waals surface area (Å²) in [6, 6.07) is 21.5. The molecule has 2 rings (SSSR count). The van der Waals surface area contributed by atoms with Gasteiger partial charge in [-0.15, -0.1) is 0 Å². The summed E-state index contributed by atoms with van der Waals surface area (Å²) in [5, 5.41) is 3.02. The minimum Gasteiger partial charge on any atom is -0.0633 e. The zero-order valence-electron chi connectivity index (χ0n) is 7.48. The summed E-state index contributed by atoms with van der Waals surface area (Å²) >= 11 is 0. The lowest BCUT2D eigenvalue weighted by molar-refractivity contribution is 1.75. The molecule has 0 radical (unpaired) electrons. The highest BCUT2D eigenvalue weighted by Gasteiger charge is 1.93. The molecule has 0 bridgehead atoms. The maximum absolute atomic E-state index is 2.22. The smallest absolute Gasteiger partial charge is 0.0633 e. The first-order valence-electron chi connectivity index (χ1n) is 4.53. The fourth-order valence-electron chi connectivity index (χ4n) is 1.43. The first-order valence-corrected chi connectivity index (χ1v) is 5.94. The van der Waals surface area contributed by atoms with Crippen molar-refractivity contribution in [3.8, 4) is 0 Å². The summed E-state index contributed by atoms with van der Waals surface area (Å²) in [4.78, 5) is 0. The van der Waals surface area contributed by atoms with Crippen LogP contribution >= 0.6 is 0 Å². The van der Waals surface area contributed by atoms with Crippen molar-refractivity contribution in [3.05, 3.63) is 60.7 Å². The molecule has 0 heterocycles. The van der Waals surface area contributed by atoms with Gasteiger partial charge in [-0.2, -0.15) is 0 Å². The van der Waals surface area contributed by atoms with Gasteiger partial charge in [0.15, 0.2) is 0 Å². The van der Waals surface area contributed by atoms with E-state index in [9.17, 15) is 0 Å². The Bertz CT molecular complexity index is 319. The van der Waals surface area contributed by atoms with Crippen LogP contribution in [0.3, 0.4) is 0 Å². The van der Waals surface area contributed by atoms with Crippen molar-refractivity contribution >= 4 is 30.9 Å². The molecule has 0 fully saturated rings. The Kier molecular flexibility index (Phi) is 4.36. The zero-order chi connectivity index (χ0) is 8.93. The second kappa shape index (κ2) is 5.57. The second-order valence-corrected chi connectivity index (χ2v) is 5.13. The van der Waals surface area contributed by atoms with Crippen LogP contribution in [0.1, 0.15) is 0 Å². The lowest BCUT2D eigenvalue weighted by atomic mass is 10.4. The topological polar surface area (TPSA) is 0 Å². The standard InChI is InChI=1S/C12H12Si.H4Si/c1-3-7-11(8-4-1)13-12-9-5-2-6-10-12;/h1-10H,13H2;1H4. The van der Waals surface area contributed by atoms with Crippen LogP contribution in [-0.4, -0.2) is 20.5 Å². The van der Waals surface area contributed by atoms with Gasteiger partial charge in [-0.05, 0) is 11.0 Å². The van der Waals surface area contributed by atoms with Gasteiger partial charge in [-0.1, -0.05) is 71.0 Å². The molecular weight excluding hydrogens is 200 g/mol. The quantitative estimate of drug-likeness (QED) is 0.586. The third-order valence-electron chi connectivity index (χ3n) is 2.09. The molecule has 0 amide bonds. The van der Waals surface area contributed by atoms with E-state index in [4.69, 9.17) is 0 Å². The minimum atomic E-state index is -0.234. The molecule has 0 N–H and O–H groups in total. The average molecular weight is 216 g/mol. The average Bonchev–Trinajstić information content (AvgIpc) is 2.21. The second-order valence-electron chi connectivity index (χ2n) is 3.15.